The summed E-state index contributed by atoms with van der Waals surface area (Å²) >= 11 is 0. The monoisotopic (exact) mass is 424 g/mol. The van der Waals surface area contributed by atoms with Crippen LogP contribution in [0, 0.1) is 0 Å². The Balaban J connectivity index is 0.00000140. The van der Waals surface area contributed by atoms with Crippen LogP contribution in [0.5, 0.6) is 0 Å². The van der Waals surface area contributed by atoms with Gasteiger partial charge in [-0.1, -0.05) is 12.1 Å². The van der Waals surface area contributed by atoms with Gasteiger partial charge < -0.3 is 20.9 Å². The second-order valence-electron chi connectivity index (χ2n) is 6.95. The fraction of sp³-hybridized carbons (Fsp3) is 0.421. The van der Waals surface area contributed by atoms with Crippen LogP contribution in [0.25, 0.3) is 11.4 Å². The van der Waals surface area contributed by atoms with Gasteiger partial charge in [0, 0.05) is 49.4 Å². The van der Waals surface area contributed by atoms with E-state index in [4.69, 9.17) is 15.7 Å². The number of carbonyl (C=O) groups is 1. The number of hydrogen-bond acceptors (Lipinski definition) is 6. The van der Waals surface area contributed by atoms with Crippen LogP contribution in [0.3, 0.4) is 0 Å². The van der Waals surface area contributed by atoms with E-state index in [1.54, 1.807) is 12.1 Å². The minimum Gasteiger partial charge on any atom is -0.366 e. The molecule has 0 spiro atoms. The highest BCUT2D eigenvalue weighted by atomic mass is 35.5. The third-order valence-corrected chi connectivity index (χ3v) is 5.15. The number of rotatable bonds is 3. The zero-order valence-corrected chi connectivity index (χ0v) is 17.5. The van der Waals surface area contributed by atoms with E-state index in [0.29, 0.717) is 11.4 Å². The quantitative estimate of drug-likeness (QED) is 0.775. The number of nitrogens with two attached hydrogens (primary N) is 1. The van der Waals surface area contributed by atoms with E-state index in [9.17, 15) is 4.79 Å². The molecule has 1 aromatic heterocycles. The fourth-order valence-corrected chi connectivity index (χ4v) is 3.53. The zero-order chi connectivity index (χ0) is 18.1. The van der Waals surface area contributed by atoms with E-state index in [0.717, 1.165) is 62.8 Å². The first-order valence-electron chi connectivity index (χ1n) is 9.06. The lowest BCUT2D eigenvalue weighted by Crippen LogP contribution is -2.45. The lowest BCUT2D eigenvalue weighted by atomic mass is 10.0. The molecule has 0 unspecified atom stereocenters. The molecule has 0 radical (unpaired) electrons. The summed E-state index contributed by atoms with van der Waals surface area (Å²) in [5.74, 6) is 1.35. The first kappa shape index (κ1) is 22.4. The van der Waals surface area contributed by atoms with E-state index < -0.39 is 5.91 Å². The van der Waals surface area contributed by atoms with Crippen LogP contribution in [0.4, 0.5) is 5.82 Å². The van der Waals surface area contributed by atoms with Crippen molar-refractivity contribution < 1.29 is 4.79 Å². The van der Waals surface area contributed by atoms with Gasteiger partial charge in [0.15, 0.2) is 5.82 Å². The molecule has 28 heavy (non-hydrogen) atoms. The number of fused-ring (bicyclic) bond motifs is 1. The summed E-state index contributed by atoms with van der Waals surface area (Å²) in [4.78, 5) is 25.8. The van der Waals surface area contributed by atoms with Crippen molar-refractivity contribution in [3.8, 4) is 11.4 Å². The van der Waals surface area contributed by atoms with Crippen molar-refractivity contribution in [2.75, 3.05) is 44.7 Å². The Labute approximate surface area is 177 Å². The van der Waals surface area contributed by atoms with Crippen molar-refractivity contribution >= 4 is 36.5 Å². The summed E-state index contributed by atoms with van der Waals surface area (Å²) in [6, 6.07) is 7.19. The van der Waals surface area contributed by atoms with Crippen LogP contribution in [0.1, 0.15) is 21.6 Å². The lowest BCUT2D eigenvalue weighted by molar-refractivity contribution is 0.100. The number of piperazine rings is 1. The molecule has 9 heteroatoms. The third kappa shape index (κ3) is 4.55. The van der Waals surface area contributed by atoms with Gasteiger partial charge in [-0.3, -0.25) is 4.79 Å². The van der Waals surface area contributed by atoms with E-state index >= 15 is 0 Å². The number of primary amides is 1. The Hall–Kier alpha value is -1.93. The first-order chi connectivity index (χ1) is 12.6. The van der Waals surface area contributed by atoms with Crippen LogP contribution in [-0.2, 0) is 13.0 Å². The minimum atomic E-state index is -0.426. The molecule has 3 N–H and O–H groups in total. The SMILES string of the molecule is CN1CCN(c2nc(-c3ccc(C(N)=O)cc3)nc3c2CCNC3)CC1.Cl.Cl. The predicted molar refractivity (Wildman–Crippen MR) is 116 cm³/mol. The molecular weight excluding hydrogens is 399 g/mol. The Morgan fingerprint density at radius 2 is 1.75 bits per heavy atom. The number of nitrogens with zero attached hydrogens (tertiary/aromatic N) is 4. The Kier molecular flexibility index (Phi) is 7.60. The highest BCUT2D eigenvalue weighted by Gasteiger charge is 2.24. The molecule has 2 aromatic rings. The standard InChI is InChI=1S/C19H24N6O.2ClH/c1-24-8-10-25(11-9-24)19-15-6-7-21-12-16(15)22-18(23-19)14-4-2-13(3-5-14)17(20)26;;/h2-5,21H,6-12H2,1H3,(H2,20,26);2*1H. The Morgan fingerprint density at radius 3 is 2.39 bits per heavy atom. The van der Waals surface area contributed by atoms with Gasteiger partial charge in [0.05, 0.1) is 5.69 Å². The summed E-state index contributed by atoms with van der Waals surface area (Å²) in [6.45, 7) is 5.77. The van der Waals surface area contributed by atoms with Crippen molar-refractivity contribution in [3.63, 3.8) is 0 Å². The van der Waals surface area contributed by atoms with E-state index in [2.05, 4.69) is 22.2 Å². The number of benzene rings is 1. The highest BCUT2D eigenvalue weighted by Crippen LogP contribution is 2.28. The maximum Gasteiger partial charge on any atom is 0.248 e. The summed E-state index contributed by atoms with van der Waals surface area (Å²) in [7, 11) is 2.16. The van der Waals surface area contributed by atoms with E-state index in [1.165, 1.54) is 5.56 Å². The van der Waals surface area contributed by atoms with Crippen molar-refractivity contribution in [1.29, 1.82) is 0 Å². The molecule has 1 saturated heterocycles. The lowest BCUT2D eigenvalue weighted by Gasteiger charge is -2.35. The molecule has 2 aliphatic heterocycles. The van der Waals surface area contributed by atoms with Gasteiger partial charge >= 0.3 is 0 Å². The Morgan fingerprint density at radius 1 is 1.07 bits per heavy atom. The molecule has 0 aliphatic carbocycles. The molecular formula is C19H26Cl2N6O. The maximum absolute atomic E-state index is 11.3. The van der Waals surface area contributed by atoms with Crippen molar-refractivity contribution in [1.82, 2.24) is 20.2 Å². The van der Waals surface area contributed by atoms with E-state index in [-0.39, 0.29) is 24.8 Å². The highest BCUT2D eigenvalue weighted by molar-refractivity contribution is 5.93. The topological polar surface area (TPSA) is 87.4 Å². The van der Waals surface area contributed by atoms with Gasteiger partial charge in [0.25, 0.3) is 0 Å². The van der Waals surface area contributed by atoms with Gasteiger partial charge in [-0.15, -0.1) is 24.8 Å². The average Bonchev–Trinajstić information content (AvgIpc) is 2.68. The minimum absolute atomic E-state index is 0. The normalized spacial score (nSPS) is 16.5. The number of likely N-dealkylation sites (N-methyl/N-ethyl adjacent to an activating group) is 1. The number of halogens is 2. The van der Waals surface area contributed by atoms with Gasteiger partial charge in [0.2, 0.25) is 5.91 Å². The first-order valence-corrected chi connectivity index (χ1v) is 9.06. The largest absolute Gasteiger partial charge is 0.366 e. The van der Waals surface area contributed by atoms with Crippen LogP contribution < -0.4 is 16.0 Å². The second kappa shape index (κ2) is 9.52. The number of carbonyl (C=O) groups excluding carboxylic acids is 1. The van der Waals surface area contributed by atoms with Crippen molar-refractivity contribution in [3.05, 3.63) is 41.1 Å². The predicted octanol–water partition coefficient (Wildman–Crippen LogP) is 1.48. The van der Waals surface area contributed by atoms with Crippen LogP contribution >= 0.6 is 24.8 Å². The number of nitrogens with one attached hydrogen (secondary N) is 1. The maximum atomic E-state index is 11.3. The fourth-order valence-electron chi connectivity index (χ4n) is 3.53. The number of hydrogen-bond donors (Lipinski definition) is 2. The summed E-state index contributed by atoms with van der Waals surface area (Å²) in [5, 5.41) is 3.40. The molecule has 3 heterocycles. The number of amides is 1. The molecule has 1 fully saturated rings. The van der Waals surface area contributed by atoms with Crippen LogP contribution in [0.2, 0.25) is 0 Å². The van der Waals surface area contributed by atoms with Crippen molar-refractivity contribution in [2.45, 2.75) is 13.0 Å². The van der Waals surface area contributed by atoms with Crippen molar-refractivity contribution in [2.24, 2.45) is 5.73 Å². The Bertz CT molecular complexity index is 822. The van der Waals surface area contributed by atoms with Gasteiger partial charge in [-0.05, 0) is 32.1 Å². The van der Waals surface area contributed by atoms with Crippen LogP contribution in [-0.4, -0.2) is 60.5 Å². The number of aromatic nitrogens is 2. The van der Waals surface area contributed by atoms with Gasteiger partial charge in [-0.25, -0.2) is 9.97 Å². The smallest absolute Gasteiger partial charge is 0.248 e. The summed E-state index contributed by atoms with van der Waals surface area (Å²) in [6.07, 6.45) is 0.956. The molecule has 4 rings (SSSR count). The zero-order valence-electron chi connectivity index (χ0n) is 15.9. The molecule has 1 amide bonds. The molecule has 7 nitrogen and oxygen atoms in total. The van der Waals surface area contributed by atoms with Crippen LogP contribution in [0.15, 0.2) is 24.3 Å². The number of anilines is 1. The molecule has 2 aliphatic rings. The van der Waals surface area contributed by atoms with E-state index in [1.807, 2.05) is 12.1 Å². The van der Waals surface area contributed by atoms with Gasteiger partial charge in [0.1, 0.15) is 5.82 Å². The molecule has 1 aromatic carbocycles. The third-order valence-electron chi connectivity index (χ3n) is 5.15. The molecule has 0 atom stereocenters. The summed E-state index contributed by atoms with van der Waals surface area (Å²) < 4.78 is 0. The molecule has 0 bridgehead atoms. The van der Waals surface area contributed by atoms with Gasteiger partial charge in [-0.2, -0.15) is 0 Å². The average molecular weight is 425 g/mol. The summed E-state index contributed by atoms with van der Waals surface area (Å²) in [5.41, 5.74) is 9.08. The molecule has 152 valence electrons. The second-order valence-corrected chi connectivity index (χ2v) is 6.95. The molecule has 0 saturated carbocycles.